The molecule has 1 saturated carbocycles. The van der Waals surface area contributed by atoms with Gasteiger partial charge in [0.25, 0.3) is 5.91 Å². The Kier molecular flexibility index (Phi) is 4.68. The summed E-state index contributed by atoms with van der Waals surface area (Å²) in [4.78, 5) is 48.0. The van der Waals surface area contributed by atoms with Crippen LogP contribution in [0.1, 0.15) is 45.4 Å². The van der Waals surface area contributed by atoms with Crippen molar-refractivity contribution in [2.45, 2.75) is 57.0 Å². The number of carbonyl (C=O) groups excluding carboxylic acids is 3. The molecule has 1 heterocycles. The van der Waals surface area contributed by atoms with E-state index in [9.17, 15) is 19.2 Å². The largest absolute Gasteiger partial charge is 0.481 e. The van der Waals surface area contributed by atoms with Gasteiger partial charge in [0.1, 0.15) is 11.6 Å². The zero-order chi connectivity index (χ0) is 16.3. The van der Waals surface area contributed by atoms with E-state index in [1.165, 1.54) is 6.92 Å². The molecule has 8 nitrogen and oxygen atoms in total. The highest BCUT2D eigenvalue weighted by Gasteiger charge is 2.54. The van der Waals surface area contributed by atoms with Crippen molar-refractivity contribution in [1.82, 2.24) is 15.5 Å². The third-order valence-electron chi connectivity index (χ3n) is 4.28. The summed E-state index contributed by atoms with van der Waals surface area (Å²) in [6, 6.07) is -1.43. The number of carbonyl (C=O) groups is 4. The van der Waals surface area contributed by atoms with Crippen molar-refractivity contribution in [1.29, 1.82) is 0 Å². The predicted molar refractivity (Wildman–Crippen MR) is 75.9 cm³/mol. The first-order chi connectivity index (χ1) is 10.4. The van der Waals surface area contributed by atoms with Crippen LogP contribution in [0.25, 0.3) is 0 Å². The summed E-state index contributed by atoms with van der Waals surface area (Å²) in [5.74, 6) is -1.72. The SMILES string of the molecule is CC(C(=O)NCCCC(=O)O)N1C(=O)NC2(CCCC2)C1=O. The van der Waals surface area contributed by atoms with Crippen LogP contribution in [0.4, 0.5) is 4.79 Å². The van der Waals surface area contributed by atoms with Crippen molar-refractivity contribution in [3.63, 3.8) is 0 Å². The Morgan fingerprint density at radius 1 is 1.36 bits per heavy atom. The monoisotopic (exact) mass is 311 g/mol. The zero-order valence-corrected chi connectivity index (χ0v) is 12.6. The fourth-order valence-electron chi connectivity index (χ4n) is 3.03. The van der Waals surface area contributed by atoms with E-state index in [1.807, 2.05) is 0 Å². The minimum atomic E-state index is -0.931. The van der Waals surface area contributed by atoms with Gasteiger partial charge in [-0.15, -0.1) is 0 Å². The number of nitrogens with one attached hydrogen (secondary N) is 2. The maximum atomic E-state index is 12.5. The lowest BCUT2D eigenvalue weighted by molar-refractivity contribution is -0.138. The molecule has 1 aliphatic heterocycles. The van der Waals surface area contributed by atoms with E-state index in [1.54, 1.807) is 0 Å². The van der Waals surface area contributed by atoms with Crippen molar-refractivity contribution in [2.24, 2.45) is 0 Å². The number of carboxylic acid groups (broad SMARTS) is 1. The van der Waals surface area contributed by atoms with Crippen LogP contribution >= 0.6 is 0 Å². The number of imide groups is 1. The van der Waals surface area contributed by atoms with Gasteiger partial charge in [-0.2, -0.15) is 0 Å². The van der Waals surface area contributed by atoms with Crippen LogP contribution in [0.2, 0.25) is 0 Å². The highest BCUT2D eigenvalue weighted by Crippen LogP contribution is 2.35. The summed E-state index contributed by atoms with van der Waals surface area (Å²) in [5, 5.41) is 13.8. The van der Waals surface area contributed by atoms with Gasteiger partial charge >= 0.3 is 12.0 Å². The second-order valence-electron chi connectivity index (χ2n) is 5.86. The quantitative estimate of drug-likeness (QED) is 0.479. The van der Waals surface area contributed by atoms with Gasteiger partial charge in [0.15, 0.2) is 0 Å². The van der Waals surface area contributed by atoms with Crippen molar-refractivity contribution >= 4 is 23.8 Å². The first kappa shape index (κ1) is 16.3. The molecule has 0 bridgehead atoms. The molecule has 2 rings (SSSR count). The number of nitrogens with zero attached hydrogens (tertiary/aromatic N) is 1. The summed E-state index contributed by atoms with van der Waals surface area (Å²) < 4.78 is 0. The molecule has 4 amide bonds. The summed E-state index contributed by atoms with van der Waals surface area (Å²) in [7, 11) is 0. The van der Waals surface area contributed by atoms with E-state index in [4.69, 9.17) is 5.11 Å². The Labute approximate surface area is 128 Å². The van der Waals surface area contributed by atoms with Crippen LogP contribution in [0.3, 0.4) is 0 Å². The predicted octanol–water partition coefficient (Wildman–Crippen LogP) is 0.220. The Balaban J connectivity index is 1.92. The molecule has 122 valence electrons. The third kappa shape index (κ3) is 3.05. The normalized spacial score (nSPS) is 21.0. The van der Waals surface area contributed by atoms with Crippen molar-refractivity contribution in [3.05, 3.63) is 0 Å². The van der Waals surface area contributed by atoms with Gasteiger partial charge < -0.3 is 15.7 Å². The number of urea groups is 1. The topological polar surface area (TPSA) is 116 Å². The fourth-order valence-corrected chi connectivity index (χ4v) is 3.03. The van der Waals surface area contributed by atoms with Crippen LogP contribution in [-0.4, -0.2) is 51.9 Å². The number of carboxylic acids is 1. The molecular weight excluding hydrogens is 290 g/mol. The van der Waals surface area contributed by atoms with Crippen molar-refractivity contribution < 1.29 is 24.3 Å². The molecule has 22 heavy (non-hydrogen) atoms. The zero-order valence-electron chi connectivity index (χ0n) is 12.6. The maximum absolute atomic E-state index is 12.5. The molecule has 0 aromatic carbocycles. The van der Waals surface area contributed by atoms with Crippen LogP contribution < -0.4 is 10.6 Å². The third-order valence-corrected chi connectivity index (χ3v) is 4.28. The van der Waals surface area contributed by atoms with E-state index in [-0.39, 0.29) is 18.9 Å². The van der Waals surface area contributed by atoms with Crippen LogP contribution in [0.5, 0.6) is 0 Å². The maximum Gasteiger partial charge on any atom is 0.325 e. The molecule has 1 aliphatic carbocycles. The number of amides is 4. The summed E-state index contributed by atoms with van der Waals surface area (Å²) in [6.07, 6.45) is 3.26. The number of aliphatic carboxylic acids is 1. The Bertz CT molecular complexity index is 499. The van der Waals surface area contributed by atoms with Crippen LogP contribution in [-0.2, 0) is 14.4 Å². The number of hydrogen-bond donors (Lipinski definition) is 3. The van der Waals surface area contributed by atoms with Crippen LogP contribution in [0.15, 0.2) is 0 Å². The first-order valence-corrected chi connectivity index (χ1v) is 7.53. The minimum absolute atomic E-state index is 0.0408. The second-order valence-corrected chi connectivity index (χ2v) is 5.86. The minimum Gasteiger partial charge on any atom is -0.481 e. The summed E-state index contributed by atoms with van der Waals surface area (Å²) in [5.41, 5.74) is -0.824. The summed E-state index contributed by atoms with van der Waals surface area (Å²) >= 11 is 0. The molecular formula is C14H21N3O5. The number of hydrogen-bond acceptors (Lipinski definition) is 4. The van der Waals surface area contributed by atoms with Gasteiger partial charge in [-0.1, -0.05) is 12.8 Å². The molecule has 1 saturated heterocycles. The van der Waals surface area contributed by atoms with Crippen molar-refractivity contribution in [3.8, 4) is 0 Å². The van der Waals surface area contributed by atoms with E-state index in [0.717, 1.165) is 17.7 Å². The van der Waals surface area contributed by atoms with E-state index in [0.29, 0.717) is 19.3 Å². The van der Waals surface area contributed by atoms with Gasteiger partial charge in [0.05, 0.1) is 0 Å². The Hall–Kier alpha value is -2.12. The van der Waals surface area contributed by atoms with E-state index >= 15 is 0 Å². The highest BCUT2D eigenvalue weighted by atomic mass is 16.4. The highest BCUT2D eigenvalue weighted by molar-refractivity contribution is 6.09. The molecule has 1 atom stereocenters. The van der Waals surface area contributed by atoms with E-state index in [2.05, 4.69) is 10.6 Å². The first-order valence-electron chi connectivity index (χ1n) is 7.53. The molecule has 0 aromatic rings. The fraction of sp³-hybridized carbons (Fsp3) is 0.714. The van der Waals surface area contributed by atoms with Gasteiger partial charge in [0.2, 0.25) is 5.91 Å². The molecule has 3 N–H and O–H groups in total. The average Bonchev–Trinajstić information content (AvgIpc) is 3.01. The smallest absolute Gasteiger partial charge is 0.325 e. The second kappa shape index (κ2) is 6.33. The Morgan fingerprint density at radius 3 is 2.59 bits per heavy atom. The molecule has 2 aliphatic rings. The summed E-state index contributed by atoms with van der Waals surface area (Å²) in [6.45, 7) is 1.70. The van der Waals surface area contributed by atoms with Gasteiger partial charge in [-0.25, -0.2) is 9.69 Å². The van der Waals surface area contributed by atoms with E-state index < -0.39 is 29.5 Å². The van der Waals surface area contributed by atoms with Gasteiger partial charge in [0, 0.05) is 13.0 Å². The average molecular weight is 311 g/mol. The standard InChI is InChI=1S/C14H21N3O5/c1-9(11(20)15-8-4-5-10(18)19)17-12(21)14(16-13(17)22)6-2-3-7-14/h9H,2-8H2,1H3,(H,15,20)(H,16,22)(H,18,19). The lowest BCUT2D eigenvalue weighted by Gasteiger charge is -2.23. The van der Waals surface area contributed by atoms with Crippen LogP contribution in [0, 0.1) is 0 Å². The molecule has 1 spiro atoms. The molecule has 8 heteroatoms. The van der Waals surface area contributed by atoms with Gasteiger partial charge in [-0.05, 0) is 26.2 Å². The van der Waals surface area contributed by atoms with Crippen molar-refractivity contribution in [2.75, 3.05) is 6.54 Å². The molecule has 0 radical (unpaired) electrons. The number of rotatable bonds is 6. The molecule has 1 unspecified atom stereocenters. The molecule has 2 fully saturated rings. The lowest BCUT2D eigenvalue weighted by atomic mass is 9.97. The molecule has 0 aromatic heterocycles. The Morgan fingerprint density at radius 2 is 2.00 bits per heavy atom. The van der Waals surface area contributed by atoms with Gasteiger partial charge in [-0.3, -0.25) is 14.4 Å². The lowest BCUT2D eigenvalue weighted by Crippen LogP contribution is -2.50.